The fourth-order valence-corrected chi connectivity index (χ4v) is 1.70. The molecule has 1 heterocycles. The fourth-order valence-electron chi connectivity index (χ4n) is 1.49. The fraction of sp³-hybridized carbons (Fsp3) is 0.0769. The van der Waals surface area contributed by atoms with E-state index in [1.54, 1.807) is 18.2 Å². The molecule has 0 radical (unpaired) electrons. The second kappa shape index (κ2) is 5.58. The molecule has 0 aliphatic heterocycles. The summed E-state index contributed by atoms with van der Waals surface area (Å²) < 4.78 is 4.88. The highest BCUT2D eigenvalue weighted by molar-refractivity contribution is 6.30. The van der Waals surface area contributed by atoms with Crippen LogP contribution in [0.25, 0.3) is 0 Å². The maximum absolute atomic E-state index is 11.7. The molecule has 0 saturated carbocycles. The van der Waals surface area contributed by atoms with Crippen LogP contribution in [0.3, 0.4) is 0 Å². The van der Waals surface area contributed by atoms with Crippen molar-refractivity contribution in [1.29, 1.82) is 0 Å². The van der Waals surface area contributed by atoms with Gasteiger partial charge in [-0.1, -0.05) is 23.7 Å². The largest absolute Gasteiger partial charge is 0.475 e. The Morgan fingerprint density at radius 2 is 1.95 bits per heavy atom. The monoisotopic (exact) mass is 279 g/mol. The Balaban J connectivity index is 1.99. The number of carbonyl (C=O) groups is 2. The van der Waals surface area contributed by atoms with Crippen LogP contribution in [-0.4, -0.2) is 17.0 Å². The molecule has 1 aromatic carbocycles. The minimum absolute atomic E-state index is 0.0422. The van der Waals surface area contributed by atoms with E-state index in [2.05, 4.69) is 5.32 Å². The lowest BCUT2D eigenvalue weighted by molar-refractivity contribution is 0.0659. The molecule has 0 saturated heterocycles. The third-order valence-corrected chi connectivity index (χ3v) is 2.62. The van der Waals surface area contributed by atoms with Gasteiger partial charge in [-0.15, -0.1) is 0 Å². The van der Waals surface area contributed by atoms with Gasteiger partial charge in [-0.3, -0.25) is 4.79 Å². The zero-order chi connectivity index (χ0) is 13.8. The van der Waals surface area contributed by atoms with E-state index in [9.17, 15) is 9.59 Å². The number of carbonyl (C=O) groups excluding carboxylic acids is 1. The minimum Gasteiger partial charge on any atom is -0.475 e. The lowest BCUT2D eigenvalue weighted by Crippen LogP contribution is -2.22. The van der Waals surface area contributed by atoms with Gasteiger partial charge in [0.25, 0.3) is 5.91 Å². The molecule has 5 nitrogen and oxygen atoms in total. The van der Waals surface area contributed by atoms with Crippen molar-refractivity contribution in [3.05, 3.63) is 58.5 Å². The van der Waals surface area contributed by atoms with Crippen LogP contribution in [-0.2, 0) is 6.54 Å². The summed E-state index contributed by atoms with van der Waals surface area (Å²) in [6.07, 6.45) is 0. The molecule has 2 aromatic rings. The van der Waals surface area contributed by atoms with Gasteiger partial charge in [0, 0.05) is 11.6 Å². The van der Waals surface area contributed by atoms with E-state index in [1.165, 1.54) is 12.1 Å². The van der Waals surface area contributed by atoms with Crippen LogP contribution in [0.1, 0.15) is 26.7 Å². The Morgan fingerprint density at radius 1 is 1.21 bits per heavy atom. The molecule has 0 aliphatic carbocycles. The smallest absolute Gasteiger partial charge is 0.371 e. The number of nitrogens with one attached hydrogen (secondary N) is 1. The van der Waals surface area contributed by atoms with Crippen LogP contribution in [0.2, 0.25) is 5.02 Å². The van der Waals surface area contributed by atoms with Crippen molar-refractivity contribution in [1.82, 2.24) is 5.32 Å². The maximum Gasteiger partial charge on any atom is 0.371 e. The van der Waals surface area contributed by atoms with Gasteiger partial charge in [0.15, 0.2) is 5.76 Å². The number of hydrogen-bond donors (Lipinski definition) is 2. The van der Waals surface area contributed by atoms with Crippen LogP contribution in [0.5, 0.6) is 0 Å². The molecule has 1 amide bonds. The van der Waals surface area contributed by atoms with Gasteiger partial charge in [0.2, 0.25) is 5.76 Å². The topological polar surface area (TPSA) is 79.5 Å². The second-order valence-corrected chi connectivity index (χ2v) is 4.22. The maximum atomic E-state index is 11.7. The zero-order valence-corrected chi connectivity index (χ0v) is 10.5. The molecule has 0 unspecified atom stereocenters. The van der Waals surface area contributed by atoms with Gasteiger partial charge >= 0.3 is 5.97 Å². The quantitative estimate of drug-likeness (QED) is 0.901. The van der Waals surface area contributed by atoms with Crippen molar-refractivity contribution >= 4 is 23.5 Å². The summed E-state index contributed by atoms with van der Waals surface area (Å²) in [6.45, 7) is 0.280. The normalized spacial score (nSPS) is 10.2. The Bertz CT molecular complexity index is 621. The molecule has 19 heavy (non-hydrogen) atoms. The Hall–Kier alpha value is -2.27. The minimum atomic E-state index is -1.21. The number of carboxylic acid groups (broad SMARTS) is 1. The first kappa shape index (κ1) is 13.2. The number of carboxylic acids is 1. The van der Waals surface area contributed by atoms with Gasteiger partial charge in [-0.25, -0.2) is 4.79 Å². The summed E-state index contributed by atoms with van der Waals surface area (Å²) in [5.41, 5.74) is 0.839. The lowest BCUT2D eigenvalue weighted by Gasteiger charge is -2.03. The van der Waals surface area contributed by atoms with Crippen molar-refractivity contribution in [2.75, 3.05) is 0 Å². The molecule has 1 aromatic heterocycles. The van der Waals surface area contributed by atoms with E-state index in [-0.39, 0.29) is 18.1 Å². The van der Waals surface area contributed by atoms with Crippen molar-refractivity contribution in [2.45, 2.75) is 6.54 Å². The van der Waals surface area contributed by atoms with Gasteiger partial charge in [0.05, 0.1) is 0 Å². The van der Waals surface area contributed by atoms with Crippen LogP contribution < -0.4 is 5.32 Å². The van der Waals surface area contributed by atoms with Gasteiger partial charge in [0.1, 0.15) is 0 Å². The van der Waals surface area contributed by atoms with Crippen LogP contribution >= 0.6 is 11.6 Å². The van der Waals surface area contributed by atoms with E-state index in [0.29, 0.717) is 5.02 Å². The van der Waals surface area contributed by atoms with Crippen molar-refractivity contribution in [3.8, 4) is 0 Å². The van der Waals surface area contributed by atoms with Crippen LogP contribution in [0.4, 0.5) is 0 Å². The van der Waals surface area contributed by atoms with E-state index < -0.39 is 11.9 Å². The lowest BCUT2D eigenvalue weighted by atomic mass is 10.2. The molecule has 0 atom stereocenters. The molecule has 0 aliphatic rings. The van der Waals surface area contributed by atoms with E-state index in [4.69, 9.17) is 21.1 Å². The number of aromatic carboxylic acids is 1. The highest BCUT2D eigenvalue weighted by Crippen LogP contribution is 2.11. The summed E-state index contributed by atoms with van der Waals surface area (Å²) >= 11 is 5.82. The molecule has 98 valence electrons. The first-order valence-corrected chi connectivity index (χ1v) is 5.80. The predicted molar refractivity (Wildman–Crippen MR) is 68.3 cm³/mol. The summed E-state index contributed by atoms with van der Waals surface area (Å²) in [5, 5.41) is 11.9. The van der Waals surface area contributed by atoms with Crippen LogP contribution in [0, 0.1) is 0 Å². The van der Waals surface area contributed by atoms with Gasteiger partial charge in [-0.05, 0) is 29.8 Å². The average molecular weight is 280 g/mol. The molecular formula is C13H10ClNO4. The highest BCUT2D eigenvalue weighted by atomic mass is 35.5. The summed E-state index contributed by atoms with van der Waals surface area (Å²) in [4.78, 5) is 22.3. The first-order valence-electron chi connectivity index (χ1n) is 5.42. The number of hydrogen-bond acceptors (Lipinski definition) is 3. The average Bonchev–Trinajstić information content (AvgIpc) is 2.86. The number of furan rings is 1. The Morgan fingerprint density at radius 3 is 2.58 bits per heavy atom. The summed E-state index contributed by atoms with van der Waals surface area (Å²) in [6, 6.07) is 9.61. The number of amides is 1. The summed E-state index contributed by atoms with van der Waals surface area (Å²) in [7, 11) is 0. The third kappa shape index (κ3) is 3.35. The molecule has 6 heteroatoms. The molecule has 0 spiro atoms. The summed E-state index contributed by atoms with van der Waals surface area (Å²) in [5.74, 6) is -2.01. The predicted octanol–water partition coefficient (Wildman–Crippen LogP) is 2.56. The zero-order valence-electron chi connectivity index (χ0n) is 9.72. The number of rotatable bonds is 4. The first-order chi connectivity index (χ1) is 9.06. The van der Waals surface area contributed by atoms with Crippen molar-refractivity contribution in [3.63, 3.8) is 0 Å². The van der Waals surface area contributed by atoms with Crippen molar-refractivity contribution < 1.29 is 19.1 Å². The second-order valence-electron chi connectivity index (χ2n) is 3.78. The van der Waals surface area contributed by atoms with Gasteiger partial charge in [-0.2, -0.15) is 0 Å². The van der Waals surface area contributed by atoms with Crippen LogP contribution in [0.15, 0.2) is 40.8 Å². The Kier molecular flexibility index (Phi) is 3.87. The van der Waals surface area contributed by atoms with Crippen molar-refractivity contribution in [2.24, 2.45) is 0 Å². The van der Waals surface area contributed by atoms with Gasteiger partial charge < -0.3 is 14.8 Å². The molecule has 2 rings (SSSR count). The molecule has 0 fully saturated rings. The standard InChI is InChI=1S/C13H10ClNO4/c14-9-3-1-2-8(6-9)7-15-12(16)10-4-5-11(19-10)13(17)18/h1-6H,7H2,(H,15,16)(H,17,18). The SMILES string of the molecule is O=C(O)c1ccc(C(=O)NCc2cccc(Cl)c2)o1. The molecule has 2 N–H and O–H groups in total. The van der Waals surface area contributed by atoms with E-state index >= 15 is 0 Å². The Labute approximate surface area is 113 Å². The number of halogens is 1. The number of benzene rings is 1. The molecule has 0 bridgehead atoms. The van der Waals surface area contributed by atoms with E-state index in [0.717, 1.165) is 5.56 Å². The third-order valence-electron chi connectivity index (χ3n) is 2.38. The molecular weight excluding hydrogens is 270 g/mol. The van der Waals surface area contributed by atoms with E-state index in [1.807, 2.05) is 6.07 Å². The highest BCUT2D eigenvalue weighted by Gasteiger charge is 2.14.